The fraction of sp³-hybridized carbons (Fsp3) is 0.684. The zero-order chi connectivity index (χ0) is 18.5. The zero-order valence-corrected chi connectivity index (χ0v) is 16.3. The number of aryl methyl sites for hydroxylation is 1. The van der Waals surface area contributed by atoms with Gasteiger partial charge in [0.15, 0.2) is 5.79 Å². The molecule has 0 aromatic heterocycles. The van der Waals surface area contributed by atoms with Gasteiger partial charge in [0, 0.05) is 0 Å². The normalized spacial score (nSPS) is 26.8. The van der Waals surface area contributed by atoms with Crippen molar-refractivity contribution in [3.63, 3.8) is 0 Å². The Hall–Kier alpha value is -1.08. The molecule has 0 radical (unpaired) electrons. The SMILES string of the molecule is Cc1cc(OCC2COC(C)(C)O2)ccc1B1OC(C)(C)C(C)(C)O1. The quantitative estimate of drug-likeness (QED) is 0.783. The minimum atomic E-state index is -0.523. The molecule has 1 atom stereocenters. The monoisotopic (exact) mass is 348 g/mol. The molecule has 0 bridgehead atoms. The van der Waals surface area contributed by atoms with Crippen molar-refractivity contribution in [3.05, 3.63) is 23.8 Å². The van der Waals surface area contributed by atoms with E-state index >= 15 is 0 Å². The van der Waals surface area contributed by atoms with Crippen LogP contribution < -0.4 is 10.2 Å². The van der Waals surface area contributed by atoms with E-state index < -0.39 is 5.79 Å². The molecule has 1 aromatic rings. The smallest absolute Gasteiger partial charge is 0.491 e. The van der Waals surface area contributed by atoms with Gasteiger partial charge in [0.1, 0.15) is 18.5 Å². The Balaban J connectivity index is 1.64. The molecular weight excluding hydrogens is 319 g/mol. The Bertz CT molecular complexity index is 625. The van der Waals surface area contributed by atoms with Crippen molar-refractivity contribution < 1.29 is 23.5 Å². The van der Waals surface area contributed by atoms with E-state index in [0.29, 0.717) is 13.2 Å². The van der Waals surface area contributed by atoms with E-state index in [0.717, 1.165) is 16.8 Å². The average Bonchev–Trinajstić information content (AvgIpc) is 2.93. The van der Waals surface area contributed by atoms with Gasteiger partial charge in [0.05, 0.1) is 17.8 Å². The van der Waals surface area contributed by atoms with Crippen LogP contribution in [0.2, 0.25) is 0 Å². The molecule has 0 amide bonds. The summed E-state index contributed by atoms with van der Waals surface area (Å²) in [6, 6.07) is 5.98. The van der Waals surface area contributed by atoms with E-state index in [1.165, 1.54) is 0 Å². The summed E-state index contributed by atoms with van der Waals surface area (Å²) in [4.78, 5) is 0. The molecule has 0 N–H and O–H groups in total. The van der Waals surface area contributed by atoms with Crippen molar-refractivity contribution in [2.24, 2.45) is 0 Å². The second-order valence-electron chi connectivity index (χ2n) is 8.37. The fourth-order valence-corrected chi connectivity index (χ4v) is 3.01. The molecule has 0 spiro atoms. The van der Waals surface area contributed by atoms with Gasteiger partial charge in [0.2, 0.25) is 0 Å². The first-order chi connectivity index (χ1) is 11.5. The van der Waals surface area contributed by atoms with Crippen molar-refractivity contribution in [1.82, 2.24) is 0 Å². The second-order valence-corrected chi connectivity index (χ2v) is 8.37. The van der Waals surface area contributed by atoms with E-state index in [4.69, 9.17) is 23.5 Å². The average molecular weight is 348 g/mol. The van der Waals surface area contributed by atoms with Crippen LogP contribution in [0.25, 0.3) is 0 Å². The maximum Gasteiger partial charge on any atom is 0.495 e. The van der Waals surface area contributed by atoms with Gasteiger partial charge in [-0.05, 0) is 71.6 Å². The number of ether oxygens (including phenoxy) is 3. The highest BCUT2D eigenvalue weighted by atomic mass is 16.7. The lowest BCUT2D eigenvalue weighted by Crippen LogP contribution is -2.41. The lowest BCUT2D eigenvalue weighted by atomic mass is 9.76. The maximum absolute atomic E-state index is 6.14. The van der Waals surface area contributed by atoms with Gasteiger partial charge < -0.3 is 23.5 Å². The summed E-state index contributed by atoms with van der Waals surface area (Å²) in [5.74, 6) is 0.288. The van der Waals surface area contributed by atoms with Crippen molar-refractivity contribution in [2.45, 2.75) is 71.6 Å². The van der Waals surface area contributed by atoms with Crippen LogP contribution in [0.5, 0.6) is 5.75 Å². The summed E-state index contributed by atoms with van der Waals surface area (Å²) in [5.41, 5.74) is 1.44. The van der Waals surface area contributed by atoms with Crippen molar-refractivity contribution >= 4 is 12.6 Å². The second kappa shape index (κ2) is 6.27. The molecule has 2 saturated heterocycles. The third-order valence-electron chi connectivity index (χ3n) is 5.25. The van der Waals surface area contributed by atoms with Crippen LogP contribution in [-0.2, 0) is 18.8 Å². The molecule has 1 unspecified atom stereocenters. The van der Waals surface area contributed by atoms with Crippen LogP contribution in [0.4, 0.5) is 0 Å². The van der Waals surface area contributed by atoms with E-state index in [9.17, 15) is 0 Å². The molecule has 2 heterocycles. The highest BCUT2D eigenvalue weighted by Gasteiger charge is 2.52. The van der Waals surface area contributed by atoms with E-state index in [1.807, 2.05) is 39.0 Å². The van der Waals surface area contributed by atoms with E-state index in [-0.39, 0.29) is 24.4 Å². The molecule has 138 valence electrons. The van der Waals surface area contributed by atoms with Gasteiger partial charge in [-0.2, -0.15) is 0 Å². The lowest BCUT2D eigenvalue weighted by molar-refractivity contribution is -0.141. The highest BCUT2D eigenvalue weighted by molar-refractivity contribution is 6.62. The molecule has 25 heavy (non-hydrogen) atoms. The minimum Gasteiger partial charge on any atom is -0.491 e. The van der Waals surface area contributed by atoms with Gasteiger partial charge in [-0.15, -0.1) is 0 Å². The first-order valence-electron chi connectivity index (χ1n) is 8.90. The molecule has 2 fully saturated rings. The Morgan fingerprint density at radius 3 is 2.24 bits per heavy atom. The third-order valence-corrected chi connectivity index (χ3v) is 5.25. The molecule has 0 aliphatic carbocycles. The van der Waals surface area contributed by atoms with Gasteiger partial charge in [0.25, 0.3) is 0 Å². The summed E-state index contributed by atoms with van der Waals surface area (Å²) in [6.45, 7) is 15.1. The van der Waals surface area contributed by atoms with Crippen LogP contribution in [0, 0.1) is 6.92 Å². The van der Waals surface area contributed by atoms with Crippen LogP contribution in [0.3, 0.4) is 0 Å². The summed E-state index contributed by atoms with van der Waals surface area (Å²) in [6.07, 6.45) is -0.0434. The lowest BCUT2D eigenvalue weighted by Gasteiger charge is -2.32. The summed E-state index contributed by atoms with van der Waals surface area (Å²) in [7, 11) is -0.355. The molecule has 3 rings (SSSR count). The summed E-state index contributed by atoms with van der Waals surface area (Å²) in [5, 5.41) is 0. The number of hydrogen-bond acceptors (Lipinski definition) is 5. The van der Waals surface area contributed by atoms with Gasteiger partial charge in [-0.25, -0.2) is 0 Å². The van der Waals surface area contributed by atoms with E-state index in [1.54, 1.807) is 0 Å². The molecule has 1 aromatic carbocycles. The standard InChI is InChI=1S/C19H29BO5/c1-13-10-14(21-11-15-12-22-19(6,7)23-15)8-9-16(13)20-24-17(2,3)18(4,5)25-20/h8-10,15H,11-12H2,1-7H3. The third kappa shape index (κ3) is 3.87. The molecule has 2 aliphatic heterocycles. The first kappa shape index (κ1) is 18.7. The summed E-state index contributed by atoms with van der Waals surface area (Å²) >= 11 is 0. The largest absolute Gasteiger partial charge is 0.495 e. The number of rotatable bonds is 4. The van der Waals surface area contributed by atoms with Gasteiger partial charge >= 0.3 is 7.12 Å². The van der Waals surface area contributed by atoms with Crippen molar-refractivity contribution in [1.29, 1.82) is 0 Å². The topological polar surface area (TPSA) is 46.2 Å². The predicted molar refractivity (Wildman–Crippen MR) is 97.3 cm³/mol. The minimum absolute atomic E-state index is 0.0434. The van der Waals surface area contributed by atoms with Crippen LogP contribution in [0.15, 0.2) is 18.2 Å². The van der Waals surface area contributed by atoms with E-state index in [2.05, 4.69) is 27.7 Å². The Labute approximate surface area is 151 Å². The first-order valence-corrected chi connectivity index (χ1v) is 8.90. The van der Waals surface area contributed by atoms with Gasteiger partial charge in [-0.3, -0.25) is 0 Å². The van der Waals surface area contributed by atoms with Crippen LogP contribution in [-0.4, -0.2) is 43.4 Å². The Kier molecular flexibility index (Phi) is 4.69. The number of hydrogen-bond donors (Lipinski definition) is 0. The van der Waals surface area contributed by atoms with Gasteiger partial charge in [-0.1, -0.05) is 6.07 Å². The maximum atomic E-state index is 6.14. The number of benzene rings is 1. The van der Waals surface area contributed by atoms with Crippen LogP contribution >= 0.6 is 0 Å². The molecule has 0 saturated carbocycles. The molecule has 5 nitrogen and oxygen atoms in total. The molecule has 2 aliphatic rings. The van der Waals surface area contributed by atoms with Crippen molar-refractivity contribution in [2.75, 3.05) is 13.2 Å². The Morgan fingerprint density at radius 2 is 1.72 bits per heavy atom. The zero-order valence-electron chi connectivity index (χ0n) is 16.3. The highest BCUT2D eigenvalue weighted by Crippen LogP contribution is 2.36. The molecular formula is C19H29BO5. The van der Waals surface area contributed by atoms with Crippen LogP contribution in [0.1, 0.15) is 47.1 Å². The Morgan fingerprint density at radius 1 is 1.08 bits per heavy atom. The summed E-state index contributed by atoms with van der Waals surface area (Å²) < 4.78 is 29.5. The molecule has 6 heteroatoms. The fourth-order valence-electron chi connectivity index (χ4n) is 3.01. The predicted octanol–water partition coefficient (Wildman–Crippen LogP) is 2.82. The van der Waals surface area contributed by atoms with Crippen molar-refractivity contribution in [3.8, 4) is 5.75 Å².